The number of hydrogen-bond donors (Lipinski definition) is 2. The molecule has 0 bridgehead atoms. The number of urea groups is 1. The van der Waals surface area contributed by atoms with Crippen molar-refractivity contribution in [1.82, 2.24) is 15.2 Å². The number of hydrogen-bond acceptors (Lipinski definition) is 2. The van der Waals surface area contributed by atoms with E-state index in [0.717, 1.165) is 10.9 Å². The maximum Gasteiger partial charge on any atom is 0.326 e. The molecule has 1 saturated heterocycles. The van der Waals surface area contributed by atoms with Gasteiger partial charge in [0.15, 0.2) is 0 Å². The zero-order valence-electron chi connectivity index (χ0n) is 8.81. The number of amides is 3. The monoisotopic (exact) mass is 227 g/mol. The molecule has 0 aliphatic carbocycles. The van der Waals surface area contributed by atoms with Gasteiger partial charge in [0.1, 0.15) is 5.70 Å². The third-order valence-corrected chi connectivity index (χ3v) is 2.62. The summed E-state index contributed by atoms with van der Waals surface area (Å²) in [6, 6.07) is 9.26. The number of nitrogens with one attached hydrogen (secondary N) is 2. The van der Waals surface area contributed by atoms with Crippen molar-refractivity contribution in [2.24, 2.45) is 0 Å². The molecule has 2 N–H and O–H groups in total. The molecule has 0 unspecified atom stereocenters. The van der Waals surface area contributed by atoms with E-state index in [0.29, 0.717) is 0 Å². The van der Waals surface area contributed by atoms with Gasteiger partial charge in [-0.1, -0.05) is 18.2 Å². The van der Waals surface area contributed by atoms with Gasteiger partial charge in [0, 0.05) is 12.4 Å². The molecule has 0 radical (unpaired) electrons. The minimum absolute atomic E-state index is 0.247. The average molecular weight is 227 g/mol. The van der Waals surface area contributed by atoms with Crippen LogP contribution >= 0.6 is 0 Å². The zero-order valence-corrected chi connectivity index (χ0v) is 8.81. The van der Waals surface area contributed by atoms with Crippen LogP contribution in [0, 0.1) is 0 Å². The lowest BCUT2D eigenvalue weighted by Gasteiger charge is -1.99. The summed E-state index contributed by atoms with van der Waals surface area (Å²) < 4.78 is 1.80. The number of carbonyl (C=O) groups is 2. The summed E-state index contributed by atoms with van der Waals surface area (Å²) in [5.74, 6) is -0.409. The first-order valence-electron chi connectivity index (χ1n) is 5.14. The molecule has 1 aliphatic rings. The molecule has 0 saturated carbocycles. The van der Waals surface area contributed by atoms with Crippen LogP contribution in [-0.2, 0) is 4.79 Å². The Morgan fingerprint density at radius 3 is 2.65 bits per heavy atom. The second kappa shape index (κ2) is 3.48. The third-order valence-electron chi connectivity index (χ3n) is 2.62. The smallest absolute Gasteiger partial charge is 0.321 e. The molecule has 84 valence electrons. The van der Waals surface area contributed by atoms with Gasteiger partial charge in [-0.15, -0.1) is 0 Å². The summed E-state index contributed by atoms with van der Waals surface area (Å²) in [5.41, 5.74) is 1.23. The molecular formula is C12H9N3O2. The Morgan fingerprint density at radius 1 is 1.06 bits per heavy atom. The lowest BCUT2D eigenvalue weighted by atomic mass is 10.2. The van der Waals surface area contributed by atoms with Gasteiger partial charge in [-0.2, -0.15) is 0 Å². The molecule has 0 atom stereocenters. The van der Waals surface area contributed by atoms with Crippen molar-refractivity contribution in [3.8, 4) is 0 Å². The molecule has 5 heteroatoms. The first kappa shape index (κ1) is 9.65. The van der Waals surface area contributed by atoms with Gasteiger partial charge in [0.25, 0.3) is 5.91 Å². The number of carbonyl (C=O) groups excluding carboxylic acids is 2. The zero-order chi connectivity index (χ0) is 11.8. The molecule has 2 heterocycles. The SMILES string of the molecule is O=C1NC(=O)/C(=C/n2ccc3ccccc32)N1. The second-order valence-electron chi connectivity index (χ2n) is 3.73. The van der Waals surface area contributed by atoms with Gasteiger partial charge < -0.3 is 9.88 Å². The molecular weight excluding hydrogens is 218 g/mol. The minimum Gasteiger partial charge on any atom is -0.321 e. The van der Waals surface area contributed by atoms with Gasteiger partial charge >= 0.3 is 6.03 Å². The largest absolute Gasteiger partial charge is 0.326 e. The predicted molar refractivity (Wildman–Crippen MR) is 62.9 cm³/mol. The van der Waals surface area contributed by atoms with Gasteiger partial charge in [-0.05, 0) is 17.5 Å². The van der Waals surface area contributed by atoms with E-state index < -0.39 is 11.9 Å². The number of para-hydroxylation sites is 1. The highest BCUT2D eigenvalue weighted by molar-refractivity contribution is 6.13. The molecule has 2 aromatic rings. The van der Waals surface area contributed by atoms with E-state index in [4.69, 9.17) is 0 Å². The number of nitrogens with zero attached hydrogens (tertiary/aromatic N) is 1. The number of fused-ring (bicyclic) bond motifs is 1. The Kier molecular flexibility index (Phi) is 1.98. The summed E-state index contributed by atoms with van der Waals surface area (Å²) in [6.45, 7) is 0. The number of aromatic nitrogens is 1. The number of rotatable bonds is 1. The van der Waals surface area contributed by atoms with E-state index in [-0.39, 0.29) is 5.70 Å². The van der Waals surface area contributed by atoms with Crippen LogP contribution in [0.1, 0.15) is 0 Å². The van der Waals surface area contributed by atoms with E-state index >= 15 is 0 Å². The third kappa shape index (κ3) is 1.57. The normalized spacial score (nSPS) is 17.5. The predicted octanol–water partition coefficient (Wildman–Crippen LogP) is 1.28. The fourth-order valence-electron chi connectivity index (χ4n) is 1.83. The molecule has 1 aliphatic heterocycles. The van der Waals surface area contributed by atoms with E-state index in [1.807, 2.05) is 36.5 Å². The van der Waals surface area contributed by atoms with Crippen molar-refractivity contribution < 1.29 is 9.59 Å². The van der Waals surface area contributed by atoms with Crippen LogP contribution in [0.4, 0.5) is 4.79 Å². The maximum absolute atomic E-state index is 11.4. The quantitative estimate of drug-likeness (QED) is 0.569. The minimum atomic E-state index is -0.488. The van der Waals surface area contributed by atoms with E-state index in [2.05, 4.69) is 10.6 Å². The lowest BCUT2D eigenvalue weighted by Crippen LogP contribution is -2.22. The first-order valence-corrected chi connectivity index (χ1v) is 5.14. The standard InChI is InChI=1S/C12H9N3O2/c16-11-9(13-12(17)14-11)7-15-6-5-8-3-1-2-4-10(8)15/h1-7H,(H2,13,14,16,17)/b9-7-. The topological polar surface area (TPSA) is 63.1 Å². The Labute approximate surface area is 96.7 Å². The number of benzene rings is 1. The highest BCUT2D eigenvalue weighted by Crippen LogP contribution is 2.16. The molecule has 0 spiro atoms. The van der Waals surface area contributed by atoms with Crippen molar-refractivity contribution in [2.45, 2.75) is 0 Å². The molecule has 5 nitrogen and oxygen atoms in total. The Balaban J connectivity index is 2.08. The van der Waals surface area contributed by atoms with Crippen LogP contribution in [0.15, 0.2) is 42.2 Å². The molecule has 17 heavy (non-hydrogen) atoms. The van der Waals surface area contributed by atoms with Crippen LogP contribution in [-0.4, -0.2) is 16.5 Å². The van der Waals surface area contributed by atoms with Crippen LogP contribution in [0.2, 0.25) is 0 Å². The first-order chi connectivity index (χ1) is 8.24. The fraction of sp³-hybridized carbons (Fsp3) is 0. The van der Waals surface area contributed by atoms with Crippen molar-refractivity contribution in [3.05, 3.63) is 42.2 Å². The van der Waals surface area contributed by atoms with Gasteiger partial charge in [0.05, 0.1) is 5.52 Å². The van der Waals surface area contributed by atoms with Gasteiger partial charge in [-0.25, -0.2) is 4.79 Å². The van der Waals surface area contributed by atoms with Crippen LogP contribution in [0.25, 0.3) is 17.1 Å². The van der Waals surface area contributed by atoms with Gasteiger partial charge in [-0.3, -0.25) is 10.1 Å². The Morgan fingerprint density at radius 2 is 1.88 bits per heavy atom. The van der Waals surface area contributed by atoms with Gasteiger partial charge in [0.2, 0.25) is 0 Å². The molecule has 1 aromatic carbocycles. The maximum atomic E-state index is 11.4. The highest BCUT2D eigenvalue weighted by atomic mass is 16.2. The van der Waals surface area contributed by atoms with Crippen molar-refractivity contribution in [3.63, 3.8) is 0 Å². The summed E-state index contributed by atoms with van der Waals surface area (Å²) in [5, 5.41) is 5.68. The van der Waals surface area contributed by atoms with Crippen molar-refractivity contribution in [1.29, 1.82) is 0 Å². The summed E-state index contributed by atoms with van der Waals surface area (Å²) in [4.78, 5) is 22.3. The van der Waals surface area contributed by atoms with Crippen LogP contribution < -0.4 is 10.6 Å². The molecule has 3 amide bonds. The number of imide groups is 1. The molecule has 1 aromatic heterocycles. The average Bonchev–Trinajstić information content (AvgIpc) is 2.85. The second-order valence-corrected chi connectivity index (χ2v) is 3.73. The van der Waals surface area contributed by atoms with Crippen molar-refractivity contribution >= 4 is 29.0 Å². The molecule has 3 rings (SSSR count). The lowest BCUT2D eigenvalue weighted by molar-refractivity contribution is -0.115. The highest BCUT2D eigenvalue weighted by Gasteiger charge is 2.22. The summed E-state index contributed by atoms with van der Waals surface area (Å²) >= 11 is 0. The Bertz CT molecular complexity index is 655. The summed E-state index contributed by atoms with van der Waals surface area (Å²) in [7, 11) is 0. The summed E-state index contributed by atoms with van der Waals surface area (Å²) in [6.07, 6.45) is 3.44. The van der Waals surface area contributed by atoms with E-state index in [9.17, 15) is 9.59 Å². The molecule has 1 fully saturated rings. The van der Waals surface area contributed by atoms with E-state index in [1.165, 1.54) is 0 Å². The Hall–Kier alpha value is -2.56. The fourth-order valence-corrected chi connectivity index (χ4v) is 1.83. The van der Waals surface area contributed by atoms with Crippen molar-refractivity contribution in [2.75, 3.05) is 0 Å². The van der Waals surface area contributed by atoms with Crippen LogP contribution in [0.3, 0.4) is 0 Å². The van der Waals surface area contributed by atoms with Crippen LogP contribution in [0.5, 0.6) is 0 Å². The van der Waals surface area contributed by atoms with E-state index in [1.54, 1.807) is 10.8 Å².